The van der Waals surface area contributed by atoms with Gasteiger partial charge < -0.3 is 0 Å². The fraction of sp³-hybridized carbons (Fsp3) is 0.500. The first-order chi connectivity index (χ1) is 11.2. The highest BCUT2D eigenvalue weighted by Gasteiger charge is 2.60. The summed E-state index contributed by atoms with van der Waals surface area (Å²) in [4.78, 5) is 28.4. The lowest BCUT2D eigenvalue weighted by atomic mass is 9.85. The van der Waals surface area contributed by atoms with E-state index < -0.39 is 0 Å². The summed E-state index contributed by atoms with van der Waals surface area (Å²) in [6.07, 6.45) is 9.20. The number of imide groups is 1. The molecule has 5 heteroatoms. The molecule has 4 atom stereocenters. The Hall–Kier alpha value is -1.93. The van der Waals surface area contributed by atoms with Gasteiger partial charge in [-0.25, -0.2) is 4.90 Å². The van der Waals surface area contributed by atoms with Crippen molar-refractivity contribution in [3.63, 3.8) is 0 Å². The SMILES string of the molecule is N#Cc1c(N2C(=O)[C@@H]3[C@H](C2=O)[C@@H]2C=C[C@@H]3C2)sc2c1CCCC2. The van der Waals surface area contributed by atoms with Crippen LogP contribution < -0.4 is 4.90 Å². The van der Waals surface area contributed by atoms with Crippen LogP contribution in [0.3, 0.4) is 0 Å². The van der Waals surface area contributed by atoms with Gasteiger partial charge in [-0.15, -0.1) is 11.3 Å². The minimum Gasteiger partial charge on any atom is -0.274 e. The summed E-state index contributed by atoms with van der Waals surface area (Å²) in [5.74, 6) is -0.108. The molecule has 1 saturated heterocycles. The van der Waals surface area contributed by atoms with Gasteiger partial charge in [-0.2, -0.15) is 5.26 Å². The maximum Gasteiger partial charge on any atom is 0.238 e. The maximum absolute atomic E-state index is 12.9. The molecule has 0 radical (unpaired) electrons. The van der Waals surface area contributed by atoms with Crippen molar-refractivity contribution in [1.29, 1.82) is 5.26 Å². The number of carbonyl (C=O) groups is 2. The Morgan fingerprint density at radius 3 is 2.39 bits per heavy atom. The first kappa shape index (κ1) is 13.5. The Morgan fingerprint density at radius 2 is 1.74 bits per heavy atom. The molecule has 4 aliphatic rings. The van der Waals surface area contributed by atoms with Crippen LogP contribution in [0, 0.1) is 35.0 Å². The summed E-state index contributed by atoms with van der Waals surface area (Å²) in [6.45, 7) is 0. The monoisotopic (exact) mass is 324 g/mol. The molecule has 2 bridgehead atoms. The summed E-state index contributed by atoms with van der Waals surface area (Å²) < 4.78 is 0. The van der Waals surface area contributed by atoms with E-state index in [1.54, 1.807) is 0 Å². The van der Waals surface area contributed by atoms with E-state index in [0.29, 0.717) is 10.6 Å². The number of allylic oxidation sites excluding steroid dienone is 2. The quantitative estimate of drug-likeness (QED) is 0.589. The zero-order valence-electron chi connectivity index (χ0n) is 12.6. The number of hydrogen-bond acceptors (Lipinski definition) is 4. The van der Waals surface area contributed by atoms with Gasteiger partial charge in [0.2, 0.25) is 11.8 Å². The molecule has 23 heavy (non-hydrogen) atoms. The molecule has 0 N–H and O–H groups in total. The van der Waals surface area contributed by atoms with Crippen LogP contribution in [0.5, 0.6) is 0 Å². The fourth-order valence-electron chi connectivity index (χ4n) is 4.93. The van der Waals surface area contributed by atoms with Gasteiger partial charge in [-0.05, 0) is 49.5 Å². The molecule has 1 aromatic heterocycles. The van der Waals surface area contributed by atoms with Gasteiger partial charge in [-0.1, -0.05) is 12.2 Å². The van der Waals surface area contributed by atoms with Crippen molar-refractivity contribution in [3.05, 3.63) is 28.2 Å². The summed E-state index contributed by atoms with van der Waals surface area (Å²) >= 11 is 1.49. The van der Waals surface area contributed by atoms with Crippen molar-refractivity contribution in [2.24, 2.45) is 23.7 Å². The van der Waals surface area contributed by atoms with Crippen molar-refractivity contribution in [2.45, 2.75) is 32.1 Å². The molecule has 2 amide bonds. The van der Waals surface area contributed by atoms with Crippen LogP contribution >= 0.6 is 11.3 Å². The average molecular weight is 324 g/mol. The van der Waals surface area contributed by atoms with E-state index in [1.165, 1.54) is 21.1 Å². The standard InChI is InChI=1S/C18H16N2O2S/c19-8-12-11-3-1-2-4-13(11)23-18(12)20-16(21)14-9-5-6-10(7-9)15(14)17(20)22/h5-6,9-10,14-15H,1-4,7H2/t9-,10-,14-,15+/m1/s1. The lowest BCUT2D eigenvalue weighted by Crippen LogP contribution is -2.32. The number of hydrogen-bond donors (Lipinski definition) is 0. The Labute approximate surface area is 138 Å². The summed E-state index contributed by atoms with van der Waals surface area (Å²) in [7, 11) is 0. The molecule has 0 unspecified atom stereocenters. The predicted octanol–water partition coefficient (Wildman–Crippen LogP) is 2.81. The zero-order valence-corrected chi connectivity index (χ0v) is 13.4. The molecule has 4 nitrogen and oxygen atoms in total. The van der Waals surface area contributed by atoms with Gasteiger partial charge in [0.1, 0.15) is 11.1 Å². The number of carbonyl (C=O) groups excluding carboxylic acids is 2. The lowest BCUT2D eigenvalue weighted by molar-refractivity contribution is -0.123. The Balaban J connectivity index is 1.61. The third kappa shape index (κ3) is 1.60. The zero-order chi connectivity index (χ0) is 15.7. The van der Waals surface area contributed by atoms with Gasteiger partial charge >= 0.3 is 0 Å². The van der Waals surface area contributed by atoms with Crippen LogP contribution in [0.15, 0.2) is 12.2 Å². The number of anilines is 1. The molecular formula is C18H16N2O2S. The number of nitriles is 1. The molecule has 1 aliphatic heterocycles. The molecule has 0 spiro atoms. The third-order valence-electron chi connectivity index (χ3n) is 5.94. The lowest BCUT2D eigenvalue weighted by Gasteiger charge is -2.15. The second kappa shape index (κ2) is 4.55. The first-order valence-corrected chi connectivity index (χ1v) is 9.13. The van der Waals surface area contributed by atoms with Crippen molar-refractivity contribution in [3.8, 4) is 6.07 Å². The molecule has 3 aliphatic carbocycles. The third-order valence-corrected chi connectivity index (χ3v) is 7.21. The maximum atomic E-state index is 12.9. The van der Waals surface area contributed by atoms with Gasteiger partial charge in [0, 0.05) is 4.88 Å². The van der Waals surface area contributed by atoms with E-state index in [2.05, 4.69) is 18.2 Å². The second-order valence-electron chi connectivity index (χ2n) is 7.01. The molecule has 1 saturated carbocycles. The summed E-state index contributed by atoms with van der Waals surface area (Å²) in [6, 6.07) is 2.27. The number of amides is 2. The Kier molecular flexibility index (Phi) is 2.67. The van der Waals surface area contributed by atoms with E-state index in [0.717, 1.165) is 37.7 Å². The van der Waals surface area contributed by atoms with E-state index >= 15 is 0 Å². The highest BCUT2D eigenvalue weighted by molar-refractivity contribution is 7.17. The molecular weight excluding hydrogens is 308 g/mol. The van der Waals surface area contributed by atoms with Crippen LogP contribution in [-0.2, 0) is 22.4 Å². The minimum atomic E-state index is -0.192. The molecule has 5 rings (SSSR count). The number of aryl methyl sites for hydroxylation is 1. The Bertz CT molecular complexity index is 786. The van der Waals surface area contributed by atoms with Crippen LogP contribution in [0.2, 0.25) is 0 Å². The number of fused-ring (bicyclic) bond motifs is 6. The molecule has 2 heterocycles. The summed E-state index contributed by atoms with van der Waals surface area (Å²) in [5.41, 5.74) is 1.66. The van der Waals surface area contributed by atoms with Gasteiger partial charge in [0.05, 0.1) is 17.4 Å². The van der Waals surface area contributed by atoms with E-state index in [-0.39, 0.29) is 35.5 Å². The fourth-order valence-corrected chi connectivity index (χ4v) is 6.28. The molecule has 1 aromatic rings. The van der Waals surface area contributed by atoms with Crippen molar-refractivity contribution < 1.29 is 9.59 Å². The van der Waals surface area contributed by atoms with E-state index in [4.69, 9.17) is 0 Å². The second-order valence-corrected chi connectivity index (χ2v) is 8.10. The highest BCUT2D eigenvalue weighted by Crippen LogP contribution is 2.54. The van der Waals surface area contributed by atoms with Crippen LogP contribution in [0.4, 0.5) is 5.00 Å². The molecule has 116 valence electrons. The van der Waals surface area contributed by atoms with E-state index in [1.807, 2.05) is 0 Å². The Morgan fingerprint density at radius 1 is 1.09 bits per heavy atom. The number of rotatable bonds is 1. The predicted molar refractivity (Wildman–Crippen MR) is 85.9 cm³/mol. The first-order valence-electron chi connectivity index (χ1n) is 8.31. The average Bonchev–Trinajstić information content (AvgIpc) is 3.29. The summed E-state index contributed by atoms with van der Waals surface area (Å²) in [5, 5.41) is 10.2. The van der Waals surface area contributed by atoms with Crippen LogP contribution in [0.25, 0.3) is 0 Å². The minimum absolute atomic E-state index is 0.0769. The van der Waals surface area contributed by atoms with Crippen molar-refractivity contribution in [2.75, 3.05) is 4.90 Å². The largest absolute Gasteiger partial charge is 0.274 e. The molecule has 0 aromatic carbocycles. The van der Waals surface area contributed by atoms with Gasteiger partial charge in [0.15, 0.2) is 0 Å². The van der Waals surface area contributed by atoms with Crippen LogP contribution in [0.1, 0.15) is 35.3 Å². The van der Waals surface area contributed by atoms with Crippen molar-refractivity contribution >= 4 is 28.2 Å². The smallest absolute Gasteiger partial charge is 0.238 e. The van der Waals surface area contributed by atoms with Crippen molar-refractivity contribution in [1.82, 2.24) is 0 Å². The topological polar surface area (TPSA) is 61.2 Å². The number of nitrogens with zero attached hydrogens (tertiary/aromatic N) is 2. The van der Waals surface area contributed by atoms with Gasteiger partial charge in [-0.3, -0.25) is 9.59 Å². The van der Waals surface area contributed by atoms with E-state index in [9.17, 15) is 14.9 Å². The van der Waals surface area contributed by atoms with Gasteiger partial charge in [0.25, 0.3) is 0 Å². The van der Waals surface area contributed by atoms with Crippen LogP contribution in [-0.4, -0.2) is 11.8 Å². The normalized spacial score (nSPS) is 34.0. The molecule has 2 fully saturated rings. The number of thiophene rings is 1. The highest BCUT2D eigenvalue weighted by atomic mass is 32.1.